The molecule has 12 aromatic rings. The van der Waals surface area contributed by atoms with E-state index in [-0.39, 0.29) is 0 Å². The lowest BCUT2D eigenvalue weighted by Gasteiger charge is -2.11. The summed E-state index contributed by atoms with van der Waals surface area (Å²) in [5, 5.41) is 6.85. The summed E-state index contributed by atoms with van der Waals surface area (Å²) in [6.45, 7) is 0. The van der Waals surface area contributed by atoms with Gasteiger partial charge in [0, 0.05) is 33.0 Å². The summed E-state index contributed by atoms with van der Waals surface area (Å²) in [4.78, 5) is 15.7. The number of hydrogen-bond donors (Lipinski definition) is 0. The van der Waals surface area contributed by atoms with Gasteiger partial charge in [0.15, 0.2) is 17.5 Å². The monoisotopic (exact) mass is 803 g/mol. The van der Waals surface area contributed by atoms with Gasteiger partial charge in [0.1, 0.15) is 11.2 Å². The van der Waals surface area contributed by atoms with E-state index >= 15 is 0 Å². The van der Waals surface area contributed by atoms with Gasteiger partial charge in [-0.25, -0.2) is 15.0 Å². The van der Waals surface area contributed by atoms with E-state index in [1.165, 1.54) is 32.7 Å². The molecule has 0 amide bonds. The highest BCUT2D eigenvalue weighted by Gasteiger charge is 2.20. The van der Waals surface area contributed by atoms with Gasteiger partial charge in [-0.3, -0.25) is 0 Å². The molecule has 12 rings (SSSR count). The maximum absolute atomic E-state index is 6.77. The standard InChI is InChI=1S/C59H37N3O/c1-2-11-38(12-3-1)41-25-31-44(32-26-41)57-60-58(50-18-8-17-47(37-50)49-34-28-40-14-5-7-16-46(40)36-49)62-59(61-57)53-21-10-22-54-55(53)52-20-9-19-51(56(52)63-54)43-29-23-42(24-30-43)48-33-27-39-13-4-6-15-45(39)35-48/h1-37H. The van der Waals surface area contributed by atoms with Crippen molar-refractivity contribution >= 4 is 43.5 Å². The van der Waals surface area contributed by atoms with Crippen molar-refractivity contribution in [2.24, 2.45) is 0 Å². The molecule has 0 aliphatic carbocycles. The second-order valence-corrected chi connectivity index (χ2v) is 16.0. The van der Waals surface area contributed by atoms with Crippen LogP contribution in [0.5, 0.6) is 0 Å². The first-order chi connectivity index (χ1) is 31.2. The Bertz CT molecular complexity index is 3670. The molecule has 4 nitrogen and oxygen atoms in total. The second kappa shape index (κ2) is 15.2. The van der Waals surface area contributed by atoms with Crippen LogP contribution in [0.1, 0.15) is 0 Å². The molecule has 4 heteroatoms. The number of nitrogens with zero attached hydrogens (tertiary/aromatic N) is 3. The number of aromatic nitrogens is 3. The lowest BCUT2D eigenvalue weighted by molar-refractivity contribution is 0.670. The number of para-hydroxylation sites is 1. The molecule has 0 aliphatic rings. The first-order valence-corrected chi connectivity index (χ1v) is 21.2. The maximum atomic E-state index is 6.77. The number of fused-ring (bicyclic) bond motifs is 5. The highest BCUT2D eigenvalue weighted by Crippen LogP contribution is 2.41. The largest absolute Gasteiger partial charge is 0.455 e. The summed E-state index contributed by atoms with van der Waals surface area (Å²) in [7, 11) is 0. The summed E-state index contributed by atoms with van der Waals surface area (Å²) in [6, 6.07) is 78.8. The minimum Gasteiger partial charge on any atom is -0.455 e. The van der Waals surface area contributed by atoms with Crippen LogP contribution in [0.25, 0.3) is 122 Å². The van der Waals surface area contributed by atoms with Gasteiger partial charge in [-0.1, -0.05) is 200 Å². The molecule has 0 aliphatic heterocycles. The normalized spacial score (nSPS) is 11.5. The van der Waals surface area contributed by atoms with Gasteiger partial charge < -0.3 is 4.42 Å². The molecule has 0 fully saturated rings. The average Bonchev–Trinajstić information content (AvgIpc) is 3.76. The second-order valence-electron chi connectivity index (χ2n) is 16.0. The number of furan rings is 1. The quantitative estimate of drug-likeness (QED) is 0.161. The fourth-order valence-electron chi connectivity index (χ4n) is 8.88. The maximum Gasteiger partial charge on any atom is 0.164 e. The van der Waals surface area contributed by atoms with Crippen LogP contribution in [0.15, 0.2) is 229 Å². The molecule has 294 valence electrons. The first-order valence-electron chi connectivity index (χ1n) is 21.2. The van der Waals surface area contributed by atoms with E-state index in [1.807, 2.05) is 18.2 Å². The molecule has 2 aromatic heterocycles. The highest BCUT2D eigenvalue weighted by molar-refractivity contribution is 6.15. The average molecular weight is 804 g/mol. The van der Waals surface area contributed by atoms with E-state index in [2.05, 4.69) is 206 Å². The summed E-state index contributed by atoms with van der Waals surface area (Å²) < 4.78 is 6.77. The van der Waals surface area contributed by atoms with Crippen LogP contribution < -0.4 is 0 Å². The number of benzene rings is 10. The first kappa shape index (κ1) is 36.4. The third kappa shape index (κ3) is 6.71. The Labute approximate surface area is 364 Å². The van der Waals surface area contributed by atoms with Gasteiger partial charge in [0.25, 0.3) is 0 Å². The molecule has 0 unspecified atom stereocenters. The van der Waals surface area contributed by atoms with Gasteiger partial charge in [0.2, 0.25) is 0 Å². The molecule has 63 heavy (non-hydrogen) atoms. The van der Waals surface area contributed by atoms with Crippen molar-refractivity contribution in [2.45, 2.75) is 0 Å². The third-order valence-electron chi connectivity index (χ3n) is 12.1. The highest BCUT2D eigenvalue weighted by atomic mass is 16.3. The zero-order chi connectivity index (χ0) is 41.7. The van der Waals surface area contributed by atoms with E-state index in [0.717, 1.165) is 72.0 Å². The summed E-state index contributed by atoms with van der Waals surface area (Å²) >= 11 is 0. The number of hydrogen-bond acceptors (Lipinski definition) is 4. The van der Waals surface area contributed by atoms with Crippen molar-refractivity contribution in [3.05, 3.63) is 224 Å². The van der Waals surface area contributed by atoms with Crippen LogP contribution in [0.3, 0.4) is 0 Å². The smallest absolute Gasteiger partial charge is 0.164 e. The predicted molar refractivity (Wildman–Crippen MR) is 260 cm³/mol. The lowest BCUT2D eigenvalue weighted by atomic mass is 9.97. The van der Waals surface area contributed by atoms with Crippen LogP contribution in [0.2, 0.25) is 0 Å². The van der Waals surface area contributed by atoms with Crippen molar-refractivity contribution in [1.82, 2.24) is 15.0 Å². The van der Waals surface area contributed by atoms with Crippen molar-refractivity contribution in [1.29, 1.82) is 0 Å². The van der Waals surface area contributed by atoms with Crippen molar-refractivity contribution in [3.63, 3.8) is 0 Å². The SMILES string of the molecule is c1ccc(-c2ccc(-c3nc(-c4cccc(-c5ccc6ccccc6c5)c4)nc(-c4cccc5oc6c(-c7ccc(-c8ccc9ccccc9c8)cc7)cccc6c45)n3)cc2)cc1. The van der Waals surface area contributed by atoms with Crippen LogP contribution in [0, 0.1) is 0 Å². The zero-order valence-electron chi connectivity index (χ0n) is 34.1. The van der Waals surface area contributed by atoms with Gasteiger partial charge in [-0.2, -0.15) is 0 Å². The minimum atomic E-state index is 0.580. The molecule has 0 atom stereocenters. The molecular weight excluding hydrogens is 767 g/mol. The van der Waals surface area contributed by atoms with Gasteiger partial charge in [0.05, 0.1) is 0 Å². The fourth-order valence-corrected chi connectivity index (χ4v) is 8.88. The Morgan fingerprint density at radius 1 is 0.270 bits per heavy atom. The Hall–Kier alpha value is -8.47. The van der Waals surface area contributed by atoms with Crippen LogP contribution in [0.4, 0.5) is 0 Å². The topological polar surface area (TPSA) is 51.8 Å². The lowest BCUT2D eigenvalue weighted by Crippen LogP contribution is -2.00. The molecule has 10 aromatic carbocycles. The van der Waals surface area contributed by atoms with E-state index in [1.54, 1.807) is 0 Å². The summed E-state index contributed by atoms with van der Waals surface area (Å²) in [5.74, 6) is 1.78. The molecule has 0 spiro atoms. The third-order valence-corrected chi connectivity index (χ3v) is 12.1. The van der Waals surface area contributed by atoms with Crippen molar-refractivity contribution < 1.29 is 4.42 Å². The van der Waals surface area contributed by atoms with Gasteiger partial charge in [-0.15, -0.1) is 0 Å². The van der Waals surface area contributed by atoms with Crippen molar-refractivity contribution in [2.75, 3.05) is 0 Å². The minimum absolute atomic E-state index is 0.580. The Kier molecular flexibility index (Phi) is 8.79. The molecule has 0 saturated carbocycles. The Morgan fingerprint density at radius 2 is 0.730 bits per heavy atom. The van der Waals surface area contributed by atoms with Gasteiger partial charge >= 0.3 is 0 Å². The molecule has 0 bridgehead atoms. The zero-order valence-corrected chi connectivity index (χ0v) is 34.1. The molecule has 0 radical (unpaired) electrons. The van der Waals surface area contributed by atoms with Crippen LogP contribution in [-0.2, 0) is 0 Å². The molecule has 0 saturated heterocycles. The van der Waals surface area contributed by atoms with Gasteiger partial charge in [-0.05, 0) is 84.8 Å². The van der Waals surface area contributed by atoms with E-state index < -0.39 is 0 Å². The Morgan fingerprint density at radius 3 is 1.44 bits per heavy atom. The summed E-state index contributed by atoms with van der Waals surface area (Å²) in [6.07, 6.45) is 0. The Balaban J connectivity index is 0.978. The molecule has 2 heterocycles. The number of rotatable bonds is 7. The predicted octanol–water partition coefficient (Wildman–Crippen LogP) is 15.7. The fraction of sp³-hybridized carbons (Fsp3) is 0. The van der Waals surface area contributed by atoms with E-state index in [0.29, 0.717) is 17.5 Å². The van der Waals surface area contributed by atoms with Crippen LogP contribution >= 0.6 is 0 Å². The summed E-state index contributed by atoms with van der Waals surface area (Å²) in [5.41, 5.74) is 13.3. The molecular formula is C59H37N3O. The van der Waals surface area contributed by atoms with E-state index in [9.17, 15) is 0 Å². The molecule has 0 N–H and O–H groups in total. The van der Waals surface area contributed by atoms with Crippen molar-refractivity contribution in [3.8, 4) is 78.7 Å². The van der Waals surface area contributed by atoms with E-state index in [4.69, 9.17) is 19.4 Å². The van der Waals surface area contributed by atoms with Crippen LogP contribution in [-0.4, -0.2) is 15.0 Å².